The van der Waals surface area contributed by atoms with E-state index in [1.54, 1.807) is 0 Å². The van der Waals surface area contributed by atoms with E-state index in [2.05, 4.69) is 172 Å². The summed E-state index contributed by atoms with van der Waals surface area (Å²) >= 11 is 0. The average molecular weight is 1260 g/mol. The zero-order valence-electron chi connectivity index (χ0n) is 58.9. The predicted molar refractivity (Wildman–Crippen MR) is 389 cm³/mol. The van der Waals surface area contributed by atoms with Crippen LogP contribution in [0.15, 0.2) is 158 Å². The number of aliphatic carboxylic acids is 1. The minimum absolute atomic E-state index is 0.141. The molecule has 0 saturated heterocycles. The Balaban J connectivity index is 4.13. The third-order valence-electron chi connectivity index (χ3n) is 15.3. The number of hydrogen-bond donors (Lipinski definition) is 0. The second-order valence-corrected chi connectivity index (χ2v) is 25.1. The van der Waals surface area contributed by atoms with Crippen LogP contribution in [-0.4, -0.2) is 82.3 Å². The molecule has 0 aromatic heterocycles. The van der Waals surface area contributed by atoms with Gasteiger partial charge >= 0.3 is 11.9 Å². The number of hydrogen-bond acceptors (Lipinski definition) is 8. The number of nitrogens with zero attached hydrogens (tertiary/aromatic N) is 1. The van der Waals surface area contributed by atoms with Crippen LogP contribution in [0.2, 0.25) is 0 Å². The second-order valence-electron chi connectivity index (χ2n) is 25.1. The first-order valence-corrected chi connectivity index (χ1v) is 36.6. The Morgan fingerprint density at radius 3 is 0.879 bits per heavy atom. The van der Waals surface area contributed by atoms with Crippen LogP contribution in [0, 0.1) is 0 Å². The van der Waals surface area contributed by atoms with Gasteiger partial charge in [-0.3, -0.25) is 9.59 Å². The maximum atomic E-state index is 13.0. The first-order valence-electron chi connectivity index (χ1n) is 36.6. The highest BCUT2D eigenvalue weighted by Gasteiger charge is 2.22. The van der Waals surface area contributed by atoms with Gasteiger partial charge in [0.15, 0.2) is 12.4 Å². The van der Waals surface area contributed by atoms with E-state index in [0.29, 0.717) is 17.4 Å². The molecule has 0 saturated carbocycles. The average Bonchev–Trinajstić information content (AvgIpc) is 3.50. The number of rotatable bonds is 66. The molecule has 91 heavy (non-hydrogen) atoms. The third kappa shape index (κ3) is 72.2. The van der Waals surface area contributed by atoms with Crippen LogP contribution >= 0.6 is 0 Å². The molecule has 0 aromatic rings. The van der Waals surface area contributed by atoms with E-state index in [9.17, 15) is 19.5 Å². The molecule has 9 heteroatoms. The maximum Gasteiger partial charge on any atom is 0.306 e. The van der Waals surface area contributed by atoms with Gasteiger partial charge in [0.2, 0.25) is 0 Å². The van der Waals surface area contributed by atoms with Gasteiger partial charge in [-0.05, 0) is 122 Å². The molecule has 516 valence electrons. The van der Waals surface area contributed by atoms with Crippen molar-refractivity contribution in [3.05, 3.63) is 158 Å². The summed E-state index contributed by atoms with van der Waals surface area (Å²) in [5.74, 6) is -2.29. The molecule has 9 nitrogen and oxygen atoms in total. The van der Waals surface area contributed by atoms with E-state index < -0.39 is 24.3 Å². The summed E-state index contributed by atoms with van der Waals surface area (Å²) in [4.78, 5) is 37.6. The monoisotopic (exact) mass is 1260 g/mol. The molecule has 0 aliphatic rings. The molecule has 0 heterocycles. The number of quaternary nitrogens is 1. The van der Waals surface area contributed by atoms with Gasteiger partial charge in [-0.1, -0.05) is 307 Å². The minimum Gasteiger partial charge on any atom is -0.545 e. The maximum absolute atomic E-state index is 13.0. The Labute approximate surface area is 559 Å². The molecule has 2 atom stereocenters. The fourth-order valence-electron chi connectivity index (χ4n) is 9.76. The first-order chi connectivity index (χ1) is 44.6. The van der Waals surface area contributed by atoms with Crippen LogP contribution in [-0.2, 0) is 33.3 Å². The molecule has 0 aliphatic heterocycles. The number of likely N-dealkylation sites (N-methyl/N-ethyl adjacent to an activating group) is 1. The van der Waals surface area contributed by atoms with Crippen molar-refractivity contribution in [2.24, 2.45) is 0 Å². The Morgan fingerprint density at radius 1 is 0.330 bits per heavy atom. The number of allylic oxidation sites excluding steroid dienone is 26. The Hall–Kier alpha value is -5.09. The molecular formula is C82H135NO8. The third-order valence-corrected chi connectivity index (χ3v) is 15.3. The lowest BCUT2D eigenvalue weighted by atomic mass is 10.0. The van der Waals surface area contributed by atoms with Crippen molar-refractivity contribution in [2.45, 2.75) is 296 Å². The largest absolute Gasteiger partial charge is 0.545 e. The lowest BCUT2D eigenvalue weighted by Gasteiger charge is -2.26. The van der Waals surface area contributed by atoms with Crippen molar-refractivity contribution in [1.29, 1.82) is 0 Å². The van der Waals surface area contributed by atoms with Gasteiger partial charge in [0.1, 0.15) is 13.2 Å². The molecule has 0 N–H and O–H groups in total. The summed E-state index contributed by atoms with van der Waals surface area (Å²) in [6, 6.07) is 0. The molecular weight excluding hydrogens is 1130 g/mol. The predicted octanol–water partition coefficient (Wildman–Crippen LogP) is 21.9. The van der Waals surface area contributed by atoms with E-state index in [1.807, 2.05) is 21.1 Å². The fourth-order valence-corrected chi connectivity index (χ4v) is 9.76. The highest BCUT2D eigenvalue weighted by Crippen LogP contribution is 2.17. The molecule has 0 aromatic carbocycles. The summed E-state index contributed by atoms with van der Waals surface area (Å²) in [6.45, 7) is 4.52. The lowest BCUT2D eigenvalue weighted by Crippen LogP contribution is -2.44. The number of carboxylic acid groups (broad SMARTS) is 1. The van der Waals surface area contributed by atoms with Crippen molar-refractivity contribution in [3.8, 4) is 0 Å². The van der Waals surface area contributed by atoms with Crippen molar-refractivity contribution >= 4 is 17.9 Å². The molecule has 0 radical (unpaired) electrons. The van der Waals surface area contributed by atoms with Gasteiger partial charge in [-0.15, -0.1) is 0 Å². The Bertz CT molecular complexity index is 2060. The Morgan fingerprint density at radius 2 is 0.593 bits per heavy atom. The van der Waals surface area contributed by atoms with Gasteiger partial charge in [0.05, 0.1) is 40.3 Å². The second kappa shape index (κ2) is 70.8. The van der Waals surface area contributed by atoms with E-state index in [1.165, 1.54) is 122 Å². The van der Waals surface area contributed by atoms with Crippen LogP contribution < -0.4 is 5.11 Å². The number of esters is 2. The van der Waals surface area contributed by atoms with Gasteiger partial charge in [0, 0.05) is 12.8 Å². The highest BCUT2D eigenvalue weighted by atomic mass is 16.7. The topological polar surface area (TPSA) is 111 Å². The quantitative estimate of drug-likeness (QED) is 0.0195. The first kappa shape index (κ1) is 85.9. The lowest BCUT2D eigenvalue weighted by molar-refractivity contribution is -0.870. The fraction of sp³-hybridized carbons (Fsp3) is 0.646. The Kier molecular flexibility index (Phi) is 66.8. The number of carbonyl (C=O) groups excluding carboxylic acids is 3. The van der Waals surface area contributed by atoms with Crippen molar-refractivity contribution in [2.75, 3.05) is 47.5 Å². The van der Waals surface area contributed by atoms with Gasteiger partial charge in [-0.25, -0.2) is 0 Å². The molecule has 0 spiro atoms. The van der Waals surface area contributed by atoms with E-state index >= 15 is 0 Å². The van der Waals surface area contributed by atoms with E-state index in [-0.39, 0.29) is 38.6 Å². The number of ether oxygens (including phenoxy) is 4. The van der Waals surface area contributed by atoms with Crippen molar-refractivity contribution in [3.63, 3.8) is 0 Å². The van der Waals surface area contributed by atoms with Crippen LogP contribution in [0.25, 0.3) is 0 Å². The summed E-state index contributed by atoms with van der Waals surface area (Å²) in [5, 5.41) is 11.8. The van der Waals surface area contributed by atoms with Crippen LogP contribution in [0.5, 0.6) is 0 Å². The van der Waals surface area contributed by atoms with Gasteiger partial charge in [-0.2, -0.15) is 0 Å². The molecule has 0 amide bonds. The summed E-state index contributed by atoms with van der Waals surface area (Å²) in [5.41, 5.74) is 0. The summed E-state index contributed by atoms with van der Waals surface area (Å²) < 4.78 is 22.8. The molecule has 0 fully saturated rings. The highest BCUT2D eigenvalue weighted by molar-refractivity contribution is 5.70. The van der Waals surface area contributed by atoms with E-state index in [0.717, 1.165) is 128 Å². The molecule has 0 bridgehead atoms. The van der Waals surface area contributed by atoms with Crippen LogP contribution in [0.4, 0.5) is 0 Å². The van der Waals surface area contributed by atoms with Crippen LogP contribution in [0.3, 0.4) is 0 Å². The molecule has 0 rings (SSSR count). The van der Waals surface area contributed by atoms with Gasteiger partial charge in [0.25, 0.3) is 0 Å². The normalized spacial score (nSPS) is 13.6. The number of carbonyl (C=O) groups is 3. The van der Waals surface area contributed by atoms with E-state index in [4.69, 9.17) is 18.9 Å². The SMILES string of the molecule is CC/C=C\C/C=C\C/C=C\C/C=C\C/C=C\C/C=C\C/C=C\C/C=C\CCCCCCCCCCCCCCC(=O)OC(COC(=O)CCCCCCCCCCCCCCC/C=C\C/C=C\C/C=C\C/C=C\C/C=C\CC)COC(OCC[N+](C)(C)C)C(=O)[O-]. The number of carboxylic acids is 1. The van der Waals surface area contributed by atoms with Crippen molar-refractivity contribution in [1.82, 2.24) is 0 Å². The molecule has 0 aliphatic carbocycles. The number of unbranched alkanes of at least 4 members (excludes halogenated alkanes) is 25. The van der Waals surface area contributed by atoms with Crippen LogP contribution in [0.1, 0.15) is 284 Å². The summed E-state index contributed by atoms with van der Waals surface area (Å²) in [7, 11) is 5.93. The molecule has 2 unspecified atom stereocenters. The smallest absolute Gasteiger partial charge is 0.306 e. The minimum atomic E-state index is -1.63. The standard InChI is InChI=1S/C82H135NO8/c1-6-8-10-12-14-16-18-20-22-24-26-28-30-32-34-36-37-38-39-40-41-42-43-45-47-49-51-53-55-57-59-61-63-65-67-69-71-73-80(85)91-78(77-90-82(81(86)87)88-75-74-83(3,4)5)76-89-79(84)72-70-68-66-64-62-60-58-56-54-52-50-48-46-44-35-33-31-29-27-25-23-21-19-17-15-13-11-9-7-2/h8-11,14-17,20-23,26-29,32-35,37-38,40-41,43,45,78,82H,6-7,12-13,18-19,24-25,30-31,36,39,42,44,46-77H2,1-5H3/b10-8-,11-9-,16-14-,17-15-,22-20-,23-21-,28-26-,29-27-,34-32-,35-33-,38-37-,41-40-,45-43-. The van der Waals surface area contributed by atoms with Crippen molar-refractivity contribution < 1.29 is 42.9 Å². The summed E-state index contributed by atoms with van der Waals surface area (Å²) in [6.07, 6.45) is 102. The zero-order valence-corrected chi connectivity index (χ0v) is 58.9. The van der Waals surface area contributed by atoms with Gasteiger partial charge < -0.3 is 33.3 Å². The zero-order chi connectivity index (χ0) is 66.1.